The number of nitro groups is 1. The molecule has 1 saturated heterocycles. The van der Waals surface area contributed by atoms with Crippen LogP contribution >= 0.6 is 11.3 Å². The van der Waals surface area contributed by atoms with Gasteiger partial charge >= 0.3 is 0 Å². The summed E-state index contributed by atoms with van der Waals surface area (Å²) in [6.45, 7) is 0.912. The molecule has 3 heterocycles. The molecule has 2 aromatic heterocycles. The molecule has 0 aliphatic carbocycles. The molecule has 0 amide bonds. The summed E-state index contributed by atoms with van der Waals surface area (Å²) < 4.78 is 0. The molecular formula is C13H14N4O2S. The second-order valence-electron chi connectivity index (χ2n) is 4.71. The van der Waals surface area contributed by atoms with Crippen LogP contribution in [0, 0.1) is 10.1 Å². The van der Waals surface area contributed by atoms with E-state index in [0.717, 1.165) is 30.2 Å². The lowest BCUT2D eigenvalue weighted by atomic mass is 10.0. The van der Waals surface area contributed by atoms with Gasteiger partial charge in [-0.3, -0.25) is 10.1 Å². The van der Waals surface area contributed by atoms with E-state index in [4.69, 9.17) is 0 Å². The Balaban J connectivity index is 1.88. The van der Waals surface area contributed by atoms with Crippen LogP contribution in [-0.4, -0.2) is 21.4 Å². The lowest BCUT2D eigenvalue weighted by molar-refractivity contribution is -0.385. The number of hydrogen-bond acceptors (Lipinski definition) is 6. The van der Waals surface area contributed by atoms with Crippen molar-refractivity contribution in [2.24, 2.45) is 0 Å². The van der Waals surface area contributed by atoms with Crippen molar-refractivity contribution in [3.05, 3.63) is 45.0 Å². The Bertz CT molecular complexity index is 585. The maximum Gasteiger partial charge on any atom is 0.287 e. The first-order chi connectivity index (χ1) is 9.75. The first kappa shape index (κ1) is 13.0. The fraction of sp³-hybridized carbons (Fsp3) is 0.385. The monoisotopic (exact) mass is 290 g/mol. The predicted molar refractivity (Wildman–Crippen MR) is 76.9 cm³/mol. The van der Waals surface area contributed by atoms with Crippen molar-refractivity contribution >= 4 is 22.8 Å². The molecule has 20 heavy (non-hydrogen) atoms. The molecule has 1 atom stereocenters. The zero-order valence-electron chi connectivity index (χ0n) is 10.8. The number of piperidine rings is 1. The smallest absolute Gasteiger partial charge is 0.287 e. The minimum absolute atomic E-state index is 0.0246. The van der Waals surface area contributed by atoms with Gasteiger partial charge in [0.05, 0.1) is 11.0 Å². The van der Waals surface area contributed by atoms with Crippen molar-refractivity contribution < 1.29 is 4.92 Å². The second-order valence-corrected chi connectivity index (χ2v) is 5.63. The fourth-order valence-electron chi connectivity index (χ4n) is 2.52. The van der Waals surface area contributed by atoms with E-state index in [1.165, 1.54) is 18.7 Å². The average Bonchev–Trinajstić information content (AvgIpc) is 3.01. The van der Waals surface area contributed by atoms with E-state index in [0.29, 0.717) is 0 Å². The number of aromatic nitrogens is 2. The number of rotatable bonds is 3. The third-order valence-corrected chi connectivity index (χ3v) is 4.35. The van der Waals surface area contributed by atoms with Crippen LogP contribution in [0.1, 0.15) is 30.3 Å². The van der Waals surface area contributed by atoms with E-state index in [1.54, 1.807) is 17.4 Å². The van der Waals surface area contributed by atoms with Gasteiger partial charge in [0.15, 0.2) is 0 Å². The van der Waals surface area contributed by atoms with Crippen LogP contribution in [0.5, 0.6) is 0 Å². The Kier molecular flexibility index (Phi) is 3.60. The number of pyridine rings is 1. The van der Waals surface area contributed by atoms with Gasteiger partial charge in [0.1, 0.15) is 17.0 Å². The van der Waals surface area contributed by atoms with Gasteiger partial charge in [0.2, 0.25) is 0 Å². The van der Waals surface area contributed by atoms with E-state index in [2.05, 4.69) is 14.9 Å². The van der Waals surface area contributed by atoms with Crippen molar-refractivity contribution in [1.82, 2.24) is 9.97 Å². The molecule has 6 nitrogen and oxygen atoms in total. The quantitative estimate of drug-likeness (QED) is 0.641. The van der Waals surface area contributed by atoms with Crippen molar-refractivity contribution in [1.29, 1.82) is 0 Å². The van der Waals surface area contributed by atoms with Crippen LogP contribution in [0.3, 0.4) is 0 Å². The summed E-state index contributed by atoms with van der Waals surface area (Å²) in [5, 5.41) is 13.7. The molecule has 1 fully saturated rings. The highest BCUT2D eigenvalue weighted by Crippen LogP contribution is 2.35. The Hall–Kier alpha value is -2.02. The average molecular weight is 290 g/mol. The van der Waals surface area contributed by atoms with Crippen molar-refractivity contribution in [2.45, 2.75) is 25.3 Å². The first-order valence-corrected chi connectivity index (χ1v) is 7.40. The van der Waals surface area contributed by atoms with Gasteiger partial charge < -0.3 is 4.90 Å². The van der Waals surface area contributed by atoms with Crippen molar-refractivity contribution in [3.8, 4) is 0 Å². The number of nitrogens with zero attached hydrogens (tertiary/aromatic N) is 4. The summed E-state index contributed by atoms with van der Waals surface area (Å²) in [5.41, 5.74) is 0.0246. The van der Waals surface area contributed by atoms with E-state index in [1.807, 2.05) is 11.6 Å². The zero-order valence-corrected chi connectivity index (χ0v) is 11.6. The van der Waals surface area contributed by atoms with Gasteiger partial charge in [0, 0.05) is 24.2 Å². The molecule has 104 valence electrons. The minimum atomic E-state index is -0.425. The lowest BCUT2D eigenvalue weighted by Gasteiger charge is -2.35. The Morgan fingerprint density at radius 2 is 2.25 bits per heavy atom. The van der Waals surface area contributed by atoms with E-state index < -0.39 is 4.92 Å². The third-order valence-electron chi connectivity index (χ3n) is 3.48. The van der Waals surface area contributed by atoms with Gasteiger partial charge in [-0.15, -0.1) is 11.3 Å². The van der Waals surface area contributed by atoms with Gasteiger partial charge in [-0.1, -0.05) is 0 Å². The summed E-state index contributed by atoms with van der Waals surface area (Å²) >= 11 is 1.65. The fourth-order valence-corrected chi connectivity index (χ4v) is 3.30. The minimum Gasteiger partial charge on any atom is -0.347 e. The molecule has 1 aliphatic rings. The van der Waals surface area contributed by atoms with Crippen molar-refractivity contribution in [2.75, 3.05) is 11.4 Å². The summed E-state index contributed by atoms with van der Waals surface area (Å²) in [6.07, 6.45) is 6.47. The molecule has 0 unspecified atom stereocenters. The molecule has 0 spiro atoms. The Morgan fingerprint density at radius 3 is 2.90 bits per heavy atom. The first-order valence-electron chi connectivity index (χ1n) is 6.52. The molecule has 2 aromatic rings. The third kappa shape index (κ3) is 2.49. The number of thiazole rings is 1. The van der Waals surface area contributed by atoms with Crippen LogP contribution in [-0.2, 0) is 0 Å². The molecule has 0 N–H and O–H groups in total. The summed E-state index contributed by atoms with van der Waals surface area (Å²) in [4.78, 5) is 21.1. The highest BCUT2D eigenvalue weighted by atomic mass is 32.1. The molecule has 3 rings (SSSR count). The second kappa shape index (κ2) is 5.54. The van der Waals surface area contributed by atoms with Crippen LogP contribution in [0.15, 0.2) is 29.9 Å². The van der Waals surface area contributed by atoms with Gasteiger partial charge in [-0.2, -0.15) is 0 Å². The largest absolute Gasteiger partial charge is 0.347 e. The van der Waals surface area contributed by atoms with E-state index in [9.17, 15) is 10.1 Å². The van der Waals surface area contributed by atoms with Gasteiger partial charge in [-0.05, 0) is 25.3 Å². The zero-order chi connectivity index (χ0) is 13.9. The molecule has 0 saturated carbocycles. The van der Waals surface area contributed by atoms with Crippen LogP contribution < -0.4 is 4.90 Å². The molecular weight excluding hydrogens is 276 g/mol. The topological polar surface area (TPSA) is 72.2 Å². The Morgan fingerprint density at radius 1 is 1.35 bits per heavy atom. The van der Waals surface area contributed by atoms with Gasteiger partial charge in [-0.25, -0.2) is 9.97 Å². The number of hydrogen-bond donors (Lipinski definition) is 0. The lowest BCUT2D eigenvalue weighted by Crippen LogP contribution is -2.33. The Labute approximate surface area is 120 Å². The summed E-state index contributed by atoms with van der Waals surface area (Å²) in [5.74, 6) is 0.788. The standard InChI is InChI=1S/C13H14N4O2S/c18-17(19)10-4-5-12(15-9-10)16-7-2-1-3-11(16)13-14-6-8-20-13/h4-6,8-9,11H,1-3,7H2/t11-/m1/s1. The summed E-state index contributed by atoms with van der Waals surface area (Å²) in [6, 6.07) is 3.47. The van der Waals surface area contributed by atoms with Crippen LogP contribution in [0.2, 0.25) is 0 Å². The van der Waals surface area contributed by atoms with E-state index in [-0.39, 0.29) is 11.7 Å². The maximum atomic E-state index is 10.7. The maximum absolute atomic E-state index is 10.7. The normalized spacial score (nSPS) is 19.0. The molecule has 7 heteroatoms. The van der Waals surface area contributed by atoms with Crippen molar-refractivity contribution in [3.63, 3.8) is 0 Å². The molecule has 0 bridgehead atoms. The molecule has 0 radical (unpaired) electrons. The highest BCUT2D eigenvalue weighted by Gasteiger charge is 2.27. The molecule has 1 aliphatic heterocycles. The highest BCUT2D eigenvalue weighted by molar-refractivity contribution is 7.09. The summed E-state index contributed by atoms with van der Waals surface area (Å²) in [7, 11) is 0. The molecule has 0 aromatic carbocycles. The van der Waals surface area contributed by atoms with Crippen LogP contribution in [0.25, 0.3) is 0 Å². The van der Waals surface area contributed by atoms with E-state index >= 15 is 0 Å². The SMILES string of the molecule is O=[N+]([O-])c1ccc(N2CCCC[C@@H]2c2nccs2)nc1. The predicted octanol–water partition coefficient (Wildman–Crippen LogP) is 3.18. The van der Waals surface area contributed by atoms with Crippen LogP contribution in [0.4, 0.5) is 11.5 Å². The van der Waals surface area contributed by atoms with Gasteiger partial charge in [0.25, 0.3) is 5.69 Å². The number of anilines is 1.